The molecule has 18 heavy (non-hydrogen) atoms. The van der Waals surface area contributed by atoms with Crippen molar-refractivity contribution < 1.29 is 14.3 Å². The van der Waals surface area contributed by atoms with E-state index in [1.807, 2.05) is 30.3 Å². The van der Waals surface area contributed by atoms with Gasteiger partial charge in [0, 0.05) is 12.1 Å². The van der Waals surface area contributed by atoms with E-state index < -0.39 is 5.97 Å². The normalized spacial score (nSPS) is 14.4. The van der Waals surface area contributed by atoms with E-state index in [2.05, 4.69) is 5.32 Å². The number of rotatable bonds is 5. The van der Waals surface area contributed by atoms with Crippen LogP contribution in [0, 0.1) is 0 Å². The van der Waals surface area contributed by atoms with Gasteiger partial charge in [0.15, 0.2) is 6.61 Å². The fraction of sp³-hybridized carbons (Fsp3) is 0.286. The van der Waals surface area contributed by atoms with Crippen molar-refractivity contribution in [1.29, 1.82) is 0 Å². The first-order valence-electron chi connectivity index (χ1n) is 5.93. The molecule has 1 N–H and O–H groups in total. The molecule has 0 radical (unpaired) electrons. The molecule has 0 atom stereocenters. The number of nitrogens with one attached hydrogen (secondary N) is 1. The Morgan fingerprint density at radius 1 is 1.28 bits per heavy atom. The Kier molecular flexibility index (Phi) is 4.12. The van der Waals surface area contributed by atoms with Gasteiger partial charge in [-0.1, -0.05) is 30.3 Å². The summed E-state index contributed by atoms with van der Waals surface area (Å²) in [5.41, 5.74) is 0.914. The number of hydrogen-bond acceptors (Lipinski definition) is 3. The first kappa shape index (κ1) is 12.4. The Balaban J connectivity index is 1.71. The number of esters is 1. The zero-order chi connectivity index (χ0) is 12.8. The van der Waals surface area contributed by atoms with Crippen molar-refractivity contribution in [3.63, 3.8) is 0 Å². The van der Waals surface area contributed by atoms with Gasteiger partial charge in [-0.05, 0) is 24.5 Å². The van der Waals surface area contributed by atoms with Crippen molar-refractivity contribution in [1.82, 2.24) is 5.32 Å². The van der Waals surface area contributed by atoms with E-state index in [-0.39, 0.29) is 18.6 Å². The lowest BCUT2D eigenvalue weighted by Crippen LogP contribution is -2.30. The summed E-state index contributed by atoms with van der Waals surface area (Å²) < 4.78 is 4.82. The van der Waals surface area contributed by atoms with Crippen molar-refractivity contribution >= 4 is 18.0 Å². The van der Waals surface area contributed by atoms with Crippen molar-refractivity contribution in [2.45, 2.75) is 18.9 Å². The van der Waals surface area contributed by atoms with Gasteiger partial charge in [0.05, 0.1) is 0 Å². The molecule has 0 saturated heterocycles. The van der Waals surface area contributed by atoms with Crippen molar-refractivity contribution in [3.05, 3.63) is 42.0 Å². The van der Waals surface area contributed by atoms with Crippen molar-refractivity contribution in [2.75, 3.05) is 6.61 Å². The van der Waals surface area contributed by atoms with Crippen LogP contribution in [-0.4, -0.2) is 24.5 Å². The summed E-state index contributed by atoms with van der Waals surface area (Å²) in [5, 5.41) is 2.74. The monoisotopic (exact) mass is 245 g/mol. The van der Waals surface area contributed by atoms with E-state index in [0.29, 0.717) is 0 Å². The smallest absolute Gasteiger partial charge is 0.331 e. The molecular weight excluding hydrogens is 230 g/mol. The summed E-state index contributed by atoms with van der Waals surface area (Å²) in [6, 6.07) is 9.71. The number of hydrogen-bond donors (Lipinski definition) is 1. The van der Waals surface area contributed by atoms with E-state index in [0.717, 1.165) is 18.4 Å². The maximum atomic E-state index is 11.3. The lowest BCUT2D eigenvalue weighted by atomic mass is 10.2. The van der Waals surface area contributed by atoms with Crippen LogP contribution >= 0.6 is 0 Å². The van der Waals surface area contributed by atoms with Crippen LogP contribution in [0.25, 0.3) is 6.08 Å². The van der Waals surface area contributed by atoms with Gasteiger partial charge in [0.25, 0.3) is 5.91 Å². The number of ether oxygens (including phenoxy) is 1. The zero-order valence-electron chi connectivity index (χ0n) is 9.96. The van der Waals surface area contributed by atoms with E-state index in [9.17, 15) is 9.59 Å². The van der Waals surface area contributed by atoms with Crippen LogP contribution in [0.4, 0.5) is 0 Å². The van der Waals surface area contributed by atoms with Gasteiger partial charge in [-0.25, -0.2) is 4.79 Å². The molecule has 1 aromatic carbocycles. The molecule has 2 rings (SSSR count). The topological polar surface area (TPSA) is 55.4 Å². The highest BCUT2D eigenvalue weighted by atomic mass is 16.5. The molecule has 1 aliphatic rings. The third-order valence-corrected chi connectivity index (χ3v) is 2.50. The second-order valence-corrected chi connectivity index (χ2v) is 4.19. The molecule has 0 aliphatic heterocycles. The lowest BCUT2D eigenvalue weighted by molar-refractivity contribution is -0.143. The summed E-state index contributed by atoms with van der Waals surface area (Å²) in [5.74, 6) is -0.747. The van der Waals surface area contributed by atoms with Gasteiger partial charge in [-0.15, -0.1) is 0 Å². The Hall–Kier alpha value is -2.10. The Bertz CT molecular complexity index is 449. The number of benzene rings is 1. The van der Waals surface area contributed by atoms with E-state index in [1.165, 1.54) is 6.08 Å². The Morgan fingerprint density at radius 3 is 2.67 bits per heavy atom. The molecule has 1 saturated carbocycles. The summed E-state index contributed by atoms with van der Waals surface area (Å²) in [4.78, 5) is 22.6. The molecule has 0 aromatic heterocycles. The van der Waals surface area contributed by atoms with Gasteiger partial charge in [0.2, 0.25) is 0 Å². The minimum absolute atomic E-state index is 0.214. The third-order valence-electron chi connectivity index (χ3n) is 2.50. The SMILES string of the molecule is O=C(COC(=O)C=Cc1ccccc1)NC1CC1. The minimum Gasteiger partial charge on any atom is -0.452 e. The second-order valence-electron chi connectivity index (χ2n) is 4.19. The predicted octanol–water partition coefficient (Wildman–Crippen LogP) is 1.52. The molecule has 1 aliphatic carbocycles. The highest BCUT2D eigenvalue weighted by Crippen LogP contribution is 2.18. The Morgan fingerprint density at radius 2 is 2.00 bits per heavy atom. The Labute approximate surface area is 106 Å². The molecule has 1 amide bonds. The number of carbonyl (C=O) groups is 2. The van der Waals surface area contributed by atoms with E-state index in [4.69, 9.17) is 4.74 Å². The van der Waals surface area contributed by atoms with Crippen LogP contribution in [-0.2, 0) is 14.3 Å². The fourth-order valence-electron chi connectivity index (χ4n) is 1.41. The van der Waals surface area contributed by atoms with Crippen LogP contribution in [0.5, 0.6) is 0 Å². The standard InChI is InChI=1S/C14H15NO3/c16-13(15-12-7-8-12)10-18-14(17)9-6-11-4-2-1-3-5-11/h1-6,9,12H,7-8,10H2,(H,15,16). The van der Waals surface area contributed by atoms with Gasteiger partial charge < -0.3 is 10.1 Å². The maximum Gasteiger partial charge on any atom is 0.331 e. The molecule has 4 heteroatoms. The third kappa shape index (κ3) is 4.41. The highest BCUT2D eigenvalue weighted by Gasteiger charge is 2.23. The average Bonchev–Trinajstić information content (AvgIpc) is 3.19. The van der Waals surface area contributed by atoms with Crippen LogP contribution in [0.1, 0.15) is 18.4 Å². The van der Waals surface area contributed by atoms with Gasteiger partial charge in [-0.2, -0.15) is 0 Å². The van der Waals surface area contributed by atoms with Gasteiger partial charge in [-0.3, -0.25) is 4.79 Å². The molecule has 0 heterocycles. The predicted molar refractivity (Wildman–Crippen MR) is 67.6 cm³/mol. The van der Waals surface area contributed by atoms with Crippen molar-refractivity contribution in [3.8, 4) is 0 Å². The summed E-state index contributed by atoms with van der Waals surface area (Å²) in [6.45, 7) is -0.214. The van der Waals surface area contributed by atoms with Crippen LogP contribution in [0.2, 0.25) is 0 Å². The second kappa shape index (κ2) is 6.00. The average molecular weight is 245 g/mol. The first-order chi connectivity index (χ1) is 8.74. The van der Waals surface area contributed by atoms with Crippen LogP contribution < -0.4 is 5.32 Å². The van der Waals surface area contributed by atoms with Gasteiger partial charge in [0.1, 0.15) is 0 Å². The quantitative estimate of drug-likeness (QED) is 0.632. The number of carbonyl (C=O) groups excluding carboxylic acids is 2. The first-order valence-corrected chi connectivity index (χ1v) is 5.93. The molecule has 4 nitrogen and oxygen atoms in total. The molecule has 1 fully saturated rings. The zero-order valence-corrected chi connectivity index (χ0v) is 9.96. The molecule has 94 valence electrons. The highest BCUT2D eigenvalue weighted by molar-refractivity contribution is 5.89. The summed E-state index contributed by atoms with van der Waals surface area (Å²) >= 11 is 0. The van der Waals surface area contributed by atoms with Crippen LogP contribution in [0.3, 0.4) is 0 Å². The molecule has 0 bridgehead atoms. The van der Waals surface area contributed by atoms with Crippen molar-refractivity contribution in [2.24, 2.45) is 0 Å². The van der Waals surface area contributed by atoms with E-state index in [1.54, 1.807) is 6.08 Å². The molecule has 0 spiro atoms. The summed E-state index contributed by atoms with van der Waals surface area (Å²) in [7, 11) is 0. The van der Waals surface area contributed by atoms with Crippen LogP contribution in [0.15, 0.2) is 36.4 Å². The lowest BCUT2D eigenvalue weighted by Gasteiger charge is -2.02. The van der Waals surface area contributed by atoms with E-state index >= 15 is 0 Å². The minimum atomic E-state index is -0.509. The number of amides is 1. The summed E-state index contributed by atoms with van der Waals surface area (Å²) in [6.07, 6.45) is 5.02. The molecule has 0 unspecified atom stereocenters. The van der Waals surface area contributed by atoms with Gasteiger partial charge >= 0.3 is 5.97 Å². The maximum absolute atomic E-state index is 11.3. The fourth-order valence-corrected chi connectivity index (χ4v) is 1.41. The largest absolute Gasteiger partial charge is 0.452 e. The molecule has 1 aromatic rings. The molecular formula is C14H15NO3.